The van der Waals surface area contributed by atoms with Crippen molar-refractivity contribution in [2.75, 3.05) is 32.8 Å². The Morgan fingerprint density at radius 2 is 2.00 bits per heavy atom. The standard InChI is InChI=1S/C21H31FN4O/c1-3-18(4-2)21(25-9-11-27-12-10-25)15-24-14-17-5-6-20(19(22)13-17)26-8-7-23-16-26/h5-8,13,16,18,21,24H,3-4,9-12,14-15H2,1-2H3. The molecule has 3 rings (SSSR count). The monoisotopic (exact) mass is 374 g/mol. The fourth-order valence-corrected chi connectivity index (χ4v) is 3.97. The van der Waals surface area contributed by atoms with E-state index in [-0.39, 0.29) is 5.82 Å². The zero-order valence-corrected chi connectivity index (χ0v) is 16.4. The first-order chi connectivity index (χ1) is 13.2. The number of hydrogen-bond acceptors (Lipinski definition) is 4. The van der Waals surface area contributed by atoms with E-state index in [1.807, 2.05) is 12.1 Å². The van der Waals surface area contributed by atoms with E-state index in [4.69, 9.17) is 4.74 Å². The highest BCUT2D eigenvalue weighted by Crippen LogP contribution is 2.20. The van der Waals surface area contributed by atoms with Crippen LogP contribution in [0.1, 0.15) is 32.3 Å². The van der Waals surface area contributed by atoms with Crippen molar-refractivity contribution < 1.29 is 9.13 Å². The van der Waals surface area contributed by atoms with Gasteiger partial charge in [-0.1, -0.05) is 32.8 Å². The Bertz CT molecular complexity index is 681. The second kappa shape index (κ2) is 9.97. The van der Waals surface area contributed by atoms with Crippen LogP contribution < -0.4 is 5.32 Å². The van der Waals surface area contributed by atoms with E-state index in [9.17, 15) is 4.39 Å². The summed E-state index contributed by atoms with van der Waals surface area (Å²) in [5.41, 5.74) is 1.49. The van der Waals surface area contributed by atoms with Crippen LogP contribution in [0.25, 0.3) is 5.69 Å². The number of aromatic nitrogens is 2. The molecule has 0 saturated carbocycles. The van der Waals surface area contributed by atoms with Crippen LogP contribution in [0.15, 0.2) is 36.9 Å². The minimum atomic E-state index is -0.225. The molecule has 2 aromatic rings. The minimum Gasteiger partial charge on any atom is -0.379 e. The molecule has 0 spiro atoms. The zero-order chi connectivity index (χ0) is 19.1. The number of halogens is 1. The number of hydrogen-bond donors (Lipinski definition) is 1. The van der Waals surface area contributed by atoms with Crippen LogP contribution in [0.4, 0.5) is 4.39 Å². The number of ether oxygens (including phenoxy) is 1. The van der Waals surface area contributed by atoms with E-state index in [0.717, 1.165) is 38.4 Å². The van der Waals surface area contributed by atoms with Gasteiger partial charge >= 0.3 is 0 Å². The SMILES string of the molecule is CCC(CC)C(CNCc1ccc(-n2ccnc2)c(F)c1)N1CCOCC1. The van der Waals surface area contributed by atoms with E-state index < -0.39 is 0 Å². The maximum Gasteiger partial charge on any atom is 0.147 e. The molecular formula is C21H31FN4O. The van der Waals surface area contributed by atoms with Crippen LogP contribution in [0, 0.1) is 11.7 Å². The van der Waals surface area contributed by atoms with E-state index in [2.05, 4.69) is 29.0 Å². The maximum atomic E-state index is 14.4. The van der Waals surface area contributed by atoms with Gasteiger partial charge in [-0.25, -0.2) is 9.37 Å². The summed E-state index contributed by atoms with van der Waals surface area (Å²) in [7, 11) is 0. The maximum absolute atomic E-state index is 14.4. The first kappa shape index (κ1) is 20.0. The van der Waals surface area contributed by atoms with Crippen molar-refractivity contribution in [2.24, 2.45) is 5.92 Å². The van der Waals surface area contributed by atoms with Crippen LogP contribution in [0.3, 0.4) is 0 Å². The van der Waals surface area contributed by atoms with E-state index >= 15 is 0 Å². The van der Waals surface area contributed by atoms with Gasteiger partial charge < -0.3 is 14.6 Å². The summed E-state index contributed by atoms with van der Waals surface area (Å²) in [5.74, 6) is 0.438. The number of imidazole rings is 1. The number of rotatable bonds is 9. The summed E-state index contributed by atoms with van der Waals surface area (Å²) in [6.07, 6.45) is 7.36. The lowest BCUT2D eigenvalue weighted by molar-refractivity contribution is 0.00161. The third-order valence-corrected chi connectivity index (χ3v) is 5.58. The fraction of sp³-hybridized carbons (Fsp3) is 0.571. The quantitative estimate of drug-likeness (QED) is 0.732. The van der Waals surface area contributed by atoms with Gasteiger partial charge in [0.25, 0.3) is 0 Å². The third kappa shape index (κ3) is 5.15. The van der Waals surface area contributed by atoms with Crippen LogP contribution in [-0.4, -0.2) is 53.3 Å². The summed E-state index contributed by atoms with van der Waals surface area (Å²) in [4.78, 5) is 6.53. The Hall–Kier alpha value is -1.76. The van der Waals surface area contributed by atoms with Crippen molar-refractivity contribution in [2.45, 2.75) is 39.3 Å². The van der Waals surface area contributed by atoms with Gasteiger partial charge in [0.2, 0.25) is 0 Å². The van der Waals surface area contributed by atoms with Crippen molar-refractivity contribution in [1.82, 2.24) is 19.8 Å². The number of nitrogens with one attached hydrogen (secondary N) is 1. The summed E-state index contributed by atoms with van der Waals surface area (Å²) in [5, 5.41) is 3.56. The highest BCUT2D eigenvalue weighted by molar-refractivity contribution is 5.36. The number of morpholine rings is 1. The summed E-state index contributed by atoms with van der Waals surface area (Å²) < 4.78 is 21.6. The van der Waals surface area contributed by atoms with Crippen LogP contribution in [0.2, 0.25) is 0 Å². The molecule has 1 fully saturated rings. The van der Waals surface area contributed by atoms with Crippen LogP contribution >= 0.6 is 0 Å². The normalized spacial score (nSPS) is 16.7. The van der Waals surface area contributed by atoms with Crippen molar-refractivity contribution in [3.8, 4) is 5.69 Å². The topological polar surface area (TPSA) is 42.3 Å². The molecule has 2 heterocycles. The summed E-state index contributed by atoms with van der Waals surface area (Å²) >= 11 is 0. The van der Waals surface area contributed by atoms with Crippen LogP contribution in [0.5, 0.6) is 0 Å². The molecule has 6 heteroatoms. The largest absolute Gasteiger partial charge is 0.379 e. The molecule has 27 heavy (non-hydrogen) atoms. The Morgan fingerprint density at radius 3 is 2.63 bits per heavy atom. The molecule has 1 aromatic heterocycles. The first-order valence-electron chi connectivity index (χ1n) is 10.0. The Balaban J connectivity index is 1.60. The second-order valence-corrected chi connectivity index (χ2v) is 7.18. The molecule has 148 valence electrons. The van der Waals surface area contributed by atoms with Gasteiger partial charge in [-0.2, -0.15) is 0 Å². The number of benzene rings is 1. The van der Waals surface area contributed by atoms with E-state index in [1.165, 1.54) is 12.8 Å². The van der Waals surface area contributed by atoms with E-state index in [1.54, 1.807) is 29.4 Å². The fourth-order valence-electron chi connectivity index (χ4n) is 3.97. The molecule has 0 aliphatic carbocycles. The van der Waals surface area contributed by atoms with Crippen molar-refractivity contribution in [3.05, 3.63) is 48.3 Å². The van der Waals surface area contributed by atoms with Gasteiger partial charge in [0.15, 0.2) is 0 Å². The molecule has 1 aliphatic rings. The summed E-state index contributed by atoms with van der Waals surface area (Å²) in [6.45, 7) is 9.75. The van der Waals surface area contributed by atoms with E-state index in [0.29, 0.717) is 24.2 Å². The molecular weight excluding hydrogens is 343 g/mol. The van der Waals surface area contributed by atoms with Gasteiger partial charge in [-0.05, 0) is 23.6 Å². The predicted octanol–water partition coefficient (Wildman–Crippen LogP) is 3.24. The molecule has 1 unspecified atom stereocenters. The van der Waals surface area contributed by atoms with Crippen LogP contribution in [-0.2, 0) is 11.3 Å². The Kier molecular flexibility index (Phi) is 7.38. The molecule has 1 saturated heterocycles. The number of nitrogens with zero attached hydrogens (tertiary/aromatic N) is 3. The van der Waals surface area contributed by atoms with Gasteiger partial charge in [-0.15, -0.1) is 0 Å². The highest BCUT2D eigenvalue weighted by atomic mass is 19.1. The van der Waals surface area contributed by atoms with Gasteiger partial charge in [0.1, 0.15) is 5.82 Å². The lowest BCUT2D eigenvalue weighted by atomic mass is 9.92. The Morgan fingerprint density at radius 1 is 1.22 bits per heavy atom. The zero-order valence-electron chi connectivity index (χ0n) is 16.4. The molecule has 1 N–H and O–H groups in total. The van der Waals surface area contributed by atoms with Gasteiger partial charge in [0, 0.05) is 44.6 Å². The molecule has 0 radical (unpaired) electrons. The lowest BCUT2D eigenvalue weighted by Crippen LogP contribution is -2.51. The van der Waals surface area contributed by atoms with Crippen molar-refractivity contribution >= 4 is 0 Å². The smallest absolute Gasteiger partial charge is 0.147 e. The van der Waals surface area contributed by atoms with Crippen molar-refractivity contribution in [1.29, 1.82) is 0 Å². The summed E-state index contributed by atoms with van der Waals surface area (Å²) in [6, 6.07) is 5.91. The molecule has 0 amide bonds. The average molecular weight is 375 g/mol. The molecule has 5 nitrogen and oxygen atoms in total. The average Bonchev–Trinajstić information content (AvgIpc) is 3.23. The molecule has 1 atom stereocenters. The first-order valence-corrected chi connectivity index (χ1v) is 10.0. The van der Waals surface area contributed by atoms with Gasteiger partial charge in [-0.3, -0.25) is 4.90 Å². The molecule has 0 bridgehead atoms. The predicted molar refractivity (Wildman–Crippen MR) is 105 cm³/mol. The molecule has 1 aliphatic heterocycles. The second-order valence-electron chi connectivity index (χ2n) is 7.18. The third-order valence-electron chi connectivity index (χ3n) is 5.58. The minimum absolute atomic E-state index is 0.225. The van der Waals surface area contributed by atoms with Crippen molar-refractivity contribution in [3.63, 3.8) is 0 Å². The van der Waals surface area contributed by atoms with Gasteiger partial charge in [0.05, 0.1) is 25.2 Å². The highest BCUT2D eigenvalue weighted by Gasteiger charge is 2.26. The molecule has 1 aromatic carbocycles. The lowest BCUT2D eigenvalue weighted by Gasteiger charge is -2.39. The Labute approximate surface area is 161 Å².